The third-order valence-electron chi connectivity index (χ3n) is 3.80. The molecular formula is C17H33NOS. The lowest BCUT2D eigenvalue weighted by molar-refractivity contribution is 0.276. The van der Waals surface area contributed by atoms with Gasteiger partial charge in [-0.2, -0.15) is 0 Å². The molecule has 0 saturated heterocycles. The summed E-state index contributed by atoms with van der Waals surface area (Å²) in [5.41, 5.74) is 0. The molecule has 3 heteroatoms. The Morgan fingerprint density at radius 2 is 1.70 bits per heavy atom. The second kappa shape index (κ2) is 12.3. The molecule has 0 saturated carbocycles. The fourth-order valence-corrected chi connectivity index (χ4v) is 3.19. The maximum atomic E-state index is 11.6. The topological polar surface area (TPSA) is 20.3 Å². The molecule has 0 radical (unpaired) electrons. The summed E-state index contributed by atoms with van der Waals surface area (Å²) in [7, 11) is 3.41. The number of hydrogen-bond acceptors (Lipinski definition) is 2. The summed E-state index contributed by atoms with van der Waals surface area (Å²) >= 11 is 0. The second-order valence-corrected chi connectivity index (χ2v) is 7.45. The van der Waals surface area contributed by atoms with Crippen LogP contribution < -0.4 is 0 Å². The highest BCUT2D eigenvalue weighted by molar-refractivity contribution is 7.84. The van der Waals surface area contributed by atoms with Crippen molar-refractivity contribution in [3.8, 4) is 0 Å². The Kier molecular flexibility index (Phi) is 12.1. The van der Waals surface area contributed by atoms with E-state index in [-0.39, 0.29) is 5.25 Å². The average Bonchev–Trinajstić information content (AvgIpc) is 2.39. The zero-order valence-electron chi connectivity index (χ0n) is 13.8. The Bertz CT molecular complexity index is 299. The van der Waals surface area contributed by atoms with Gasteiger partial charge in [0.1, 0.15) is 0 Å². The Labute approximate surface area is 128 Å². The molecule has 0 unspecified atom stereocenters. The first-order valence-corrected chi connectivity index (χ1v) is 9.37. The van der Waals surface area contributed by atoms with Gasteiger partial charge in [-0.15, -0.1) is 6.58 Å². The summed E-state index contributed by atoms with van der Waals surface area (Å²) in [6.07, 6.45) is 16.7. The molecule has 0 N–H and O–H groups in total. The Morgan fingerprint density at radius 3 is 2.25 bits per heavy atom. The van der Waals surface area contributed by atoms with Crippen LogP contribution in [0.5, 0.6) is 0 Å². The van der Waals surface area contributed by atoms with Crippen molar-refractivity contribution >= 4 is 10.8 Å². The van der Waals surface area contributed by atoms with Gasteiger partial charge in [0, 0.05) is 28.3 Å². The van der Waals surface area contributed by atoms with E-state index in [1.54, 1.807) is 6.26 Å². The van der Waals surface area contributed by atoms with Crippen molar-refractivity contribution in [3.63, 3.8) is 0 Å². The monoisotopic (exact) mass is 299 g/mol. The molecule has 0 heterocycles. The van der Waals surface area contributed by atoms with Gasteiger partial charge in [-0.3, -0.25) is 4.21 Å². The first-order valence-electron chi connectivity index (χ1n) is 7.75. The largest absolute Gasteiger partial charge is 0.305 e. The molecular weight excluding hydrogens is 266 g/mol. The first-order chi connectivity index (χ1) is 9.50. The molecule has 2 nitrogen and oxygen atoms in total. The van der Waals surface area contributed by atoms with Gasteiger partial charge in [0.15, 0.2) is 0 Å². The van der Waals surface area contributed by atoms with E-state index in [1.807, 2.05) is 6.08 Å². The van der Waals surface area contributed by atoms with Crippen molar-refractivity contribution in [2.24, 2.45) is 0 Å². The van der Waals surface area contributed by atoms with Crippen LogP contribution in [0.1, 0.15) is 51.9 Å². The maximum Gasteiger partial charge on any atom is 0.0472 e. The number of allylic oxidation sites excluding steroid dienone is 3. The molecule has 0 spiro atoms. The smallest absolute Gasteiger partial charge is 0.0472 e. The predicted molar refractivity (Wildman–Crippen MR) is 92.7 cm³/mol. The van der Waals surface area contributed by atoms with E-state index in [0.717, 1.165) is 19.3 Å². The van der Waals surface area contributed by atoms with E-state index in [0.29, 0.717) is 6.04 Å². The van der Waals surface area contributed by atoms with Crippen LogP contribution in [0.3, 0.4) is 0 Å². The van der Waals surface area contributed by atoms with Crippen molar-refractivity contribution in [1.29, 1.82) is 0 Å². The third-order valence-corrected chi connectivity index (χ3v) is 5.16. The minimum absolute atomic E-state index is 0.234. The average molecular weight is 300 g/mol. The van der Waals surface area contributed by atoms with E-state index in [1.165, 1.54) is 25.7 Å². The molecule has 0 aromatic carbocycles. The van der Waals surface area contributed by atoms with Crippen LogP contribution in [0.25, 0.3) is 0 Å². The number of unbranched alkanes of at least 4 members (excludes halogenated alkanes) is 4. The lowest BCUT2D eigenvalue weighted by atomic mass is 10.1. The molecule has 0 rings (SSSR count). The normalized spacial score (nSPS) is 16.4. The SMILES string of the molecule is C=CCCCCC/C=C/CC[C@@H]([C@H](C)[S@](C)=O)N(C)C. The quantitative estimate of drug-likeness (QED) is 0.398. The third kappa shape index (κ3) is 9.49. The molecule has 0 aromatic rings. The van der Waals surface area contributed by atoms with Gasteiger partial charge in [-0.1, -0.05) is 24.6 Å². The van der Waals surface area contributed by atoms with Gasteiger partial charge in [-0.25, -0.2) is 0 Å². The molecule has 118 valence electrons. The van der Waals surface area contributed by atoms with Crippen molar-refractivity contribution in [2.75, 3.05) is 20.4 Å². The highest BCUT2D eigenvalue weighted by Gasteiger charge is 2.21. The van der Waals surface area contributed by atoms with Crippen molar-refractivity contribution in [1.82, 2.24) is 4.90 Å². The fraction of sp³-hybridized carbons (Fsp3) is 0.765. The van der Waals surface area contributed by atoms with E-state index in [2.05, 4.69) is 44.6 Å². The molecule has 0 bridgehead atoms. The molecule has 0 aromatic heterocycles. The molecule has 0 aliphatic carbocycles. The minimum Gasteiger partial charge on any atom is -0.305 e. The number of rotatable bonds is 12. The molecule has 0 amide bonds. The zero-order chi connectivity index (χ0) is 15.4. The highest BCUT2D eigenvalue weighted by Crippen LogP contribution is 2.13. The van der Waals surface area contributed by atoms with Crippen LogP contribution in [0.15, 0.2) is 24.8 Å². The Hall–Kier alpha value is -0.410. The van der Waals surface area contributed by atoms with E-state index >= 15 is 0 Å². The second-order valence-electron chi connectivity index (χ2n) is 5.71. The summed E-state index contributed by atoms with van der Waals surface area (Å²) in [6.45, 7) is 5.82. The maximum absolute atomic E-state index is 11.6. The molecule has 0 aliphatic rings. The van der Waals surface area contributed by atoms with E-state index in [4.69, 9.17) is 0 Å². The standard InChI is InChI=1S/C17H33NOS/c1-6-7-8-9-10-11-12-13-14-15-17(18(3)4)16(2)20(5)19/h6,12-13,16-17H,1,7-11,14-15H2,2-5H3/b13-12+/t16-,17-,20-/m0/s1. The lowest BCUT2D eigenvalue weighted by Gasteiger charge is -2.28. The van der Waals surface area contributed by atoms with Crippen LogP contribution in [-0.2, 0) is 10.8 Å². The van der Waals surface area contributed by atoms with E-state index in [9.17, 15) is 4.21 Å². The highest BCUT2D eigenvalue weighted by atomic mass is 32.2. The van der Waals surface area contributed by atoms with Gasteiger partial charge < -0.3 is 4.90 Å². The summed E-state index contributed by atoms with van der Waals surface area (Å²) in [4.78, 5) is 2.20. The van der Waals surface area contributed by atoms with Crippen molar-refractivity contribution < 1.29 is 4.21 Å². The van der Waals surface area contributed by atoms with Crippen LogP contribution >= 0.6 is 0 Å². The van der Waals surface area contributed by atoms with Crippen molar-refractivity contribution in [3.05, 3.63) is 24.8 Å². The van der Waals surface area contributed by atoms with Crippen LogP contribution in [0.2, 0.25) is 0 Å². The van der Waals surface area contributed by atoms with Crippen molar-refractivity contribution in [2.45, 2.75) is 63.2 Å². The minimum atomic E-state index is -0.748. The molecule has 3 atom stereocenters. The van der Waals surface area contributed by atoms with Gasteiger partial charge in [0.05, 0.1) is 0 Å². The van der Waals surface area contributed by atoms with Gasteiger partial charge in [-0.05, 0) is 59.5 Å². The summed E-state index contributed by atoms with van der Waals surface area (Å²) < 4.78 is 11.6. The summed E-state index contributed by atoms with van der Waals surface area (Å²) in [6, 6.07) is 0.401. The first kappa shape index (κ1) is 19.6. The Balaban J connectivity index is 3.83. The zero-order valence-corrected chi connectivity index (χ0v) is 14.6. The summed E-state index contributed by atoms with van der Waals surface area (Å²) in [5.74, 6) is 0. The van der Waals surface area contributed by atoms with Gasteiger partial charge >= 0.3 is 0 Å². The van der Waals surface area contributed by atoms with Gasteiger partial charge in [0.25, 0.3) is 0 Å². The van der Waals surface area contributed by atoms with Gasteiger partial charge in [0.2, 0.25) is 0 Å². The fourth-order valence-electron chi connectivity index (χ4n) is 2.36. The van der Waals surface area contributed by atoms with Crippen LogP contribution in [-0.4, -0.2) is 40.8 Å². The molecule has 0 aliphatic heterocycles. The van der Waals surface area contributed by atoms with E-state index < -0.39 is 10.8 Å². The van der Waals surface area contributed by atoms with Crippen LogP contribution in [0.4, 0.5) is 0 Å². The Morgan fingerprint density at radius 1 is 1.10 bits per heavy atom. The molecule has 0 fully saturated rings. The summed E-state index contributed by atoms with van der Waals surface area (Å²) in [5, 5.41) is 0.234. The molecule has 20 heavy (non-hydrogen) atoms. The van der Waals surface area contributed by atoms with Crippen LogP contribution in [0, 0.1) is 0 Å². The number of nitrogens with zero attached hydrogens (tertiary/aromatic N) is 1. The number of hydrogen-bond donors (Lipinski definition) is 0. The lowest BCUT2D eigenvalue weighted by Crippen LogP contribution is -2.39. The predicted octanol–water partition coefficient (Wildman–Crippen LogP) is 4.16.